The lowest BCUT2D eigenvalue weighted by Crippen LogP contribution is -2.29. The van der Waals surface area contributed by atoms with Gasteiger partial charge in [-0.2, -0.15) is 5.10 Å². The molecule has 0 amide bonds. The van der Waals surface area contributed by atoms with E-state index in [1.165, 1.54) is 29.9 Å². The number of Topliss-reactive ketones (excluding diaryl/α,β-unsaturated/α-hetero) is 1. The number of carbonyl (C=O) groups is 1. The molecule has 0 unspecified atom stereocenters. The van der Waals surface area contributed by atoms with Crippen LogP contribution in [0.15, 0.2) is 65.7 Å². The zero-order chi connectivity index (χ0) is 22.3. The van der Waals surface area contributed by atoms with Gasteiger partial charge in [0.15, 0.2) is 5.78 Å². The fraction of sp³-hybridized carbons (Fsp3) is 0.346. The summed E-state index contributed by atoms with van der Waals surface area (Å²) in [7, 11) is 0. The van der Waals surface area contributed by atoms with E-state index < -0.39 is 0 Å². The van der Waals surface area contributed by atoms with Crippen LogP contribution < -0.4 is 5.56 Å². The molecule has 0 spiro atoms. The average Bonchev–Trinajstić information content (AvgIpc) is 3.17. The number of benzene rings is 1. The molecule has 2 aromatic heterocycles. The molecule has 6 nitrogen and oxygen atoms in total. The SMILES string of the molecule is Cc1c(C(=O)Cn2cc(/C=C/CN3CCCCC3)ccc2=O)cnn1Cc1ccccc1. The first-order valence-corrected chi connectivity index (χ1v) is 11.3. The van der Waals surface area contributed by atoms with Crippen molar-refractivity contribution in [3.63, 3.8) is 0 Å². The quantitative estimate of drug-likeness (QED) is 0.510. The third-order valence-corrected chi connectivity index (χ3v) is 6.02. The number of carbonyl (C=O) groups excluding carboxylic acids is 1. The summed E-state index contributed by atoms with van der Waals surface area (Å²) in [5.41, 5.74) is 3.23. The molecule has 0 N–H and O–H groups in total. The predicted molar refractivity (Wildman–Crippen MR) is 127 cm³/mol. The van der Waals surface area contributed by atoms with Gasteiger partial charge >= 0.3 is 0 Å². The molecule has 1 saturated heterocycles. The van der Waals surface area contributed by atoms with Crippen molar-refractivity contribution < 1.29 is 4.79 Å². The summed E-state index contributed by atoms with van der Waals surface area (Å²) in [6.45, 7) is 5.72. The van der Waals surface area contributed by atoms with E-state index in [4.69, 9.17) is 0 Å². The molecule has 1 fully saturated rings. The van der Waals surface area contributed by atoms with E-state index >= 15 is 0 Å². The molecular weight excluding hydrogens is 400 g/mol. The average molecular weight is 431 g/mol. The molecule has 3 heterocycles. The number of ketones is 1. The number of likely N-dealkylation sites (tertiary alicyclic amines) is 1. The highest BCUT2D eigenvalue weighted by atomic mass is 16.1. The molecule has 3 aromatic rings. The summed E-state index contributed by atoms with van der Waals surface area (Å²) < 4.78 is 3.31. The normalized spacial score (nSPS) is 14.8. The first kappa shape index (κ1) is 22.0. The van der Waals surface area contributed by atoms with Gasteiger partial charge in [-0.25, -0.2) is 0 Å². The number of nitrogens with zero attached hydrogens (tertiary/aromatic N) is 4. The topological polar surface area (TPSA) is 60.1 Å². The summed E-state index contributed by atoms with van der Waals surface area (Å²) in [4.78, 5) is 27.7. The molecule has 1 aliphatic rings. The summed E-state index contributed by atoms with van der Waals surface area (Å²) >= 11 is 0. The monoisotopic (exact) mass is 430 g/mol. The van der Waals surface area contributed by atoms with Crippen LogP contribution in [-0.4, -0.2) is 44.7 Å². The molecule has 0 saturated carbocycles. The van der Waals surface area contributed by atoms with Crippen molar-refractivity contribution in [1.82, 2.24) is 19.2 Å². The molecule has 0 radical (unpaired) electrons. The Balaban J connectivity index is 1.43. The summed E-state index contributed by atoms with van der Waals surface area (Å²) in [6.07, 6.45) is 11.4. The highest BCUT2D eigenvalue weighted by Crippen LogP contribution is 2.12. The smallest absolute Gasteiger partial charge is 0.250 e. The highest BCUT2D eigenvalue weighted by molar-refractivity contribution is 5.96. The Morgan fingerprint density at radius 3 is 2.62 bits per heavy atom. The maximum absolute atomic E-state index is 12.9. The molecule has 0 bridgehead atoms. The largest absolute Gasteiger partial charge is 0.307 e. The third-order valence-electron chi connectivity index (χ3n) is 6.02. The number of pyridine rings is 1. The third kappa shape index (κ3) is 5.51. The van der Waals surface area contributed by atoms with Crippen LogP contribution in [0.1, 0.15) is 46.4 Å². The Hall–Kier alpha value is -3.25. The van der Waals surface area contributed by atoms with Crippen molar-refractivity contribution in [2.45, 2.75) is 39.3 Å². The van der Waals surface area contributed by atoms with Gasteiger partial charge in [0, 0.05) is 24.5 Å². The second-order valence-electron chi connectivity index (χ2n) is 8.40. The van der Waals surface area contributed by atoms with Gasteiger partial charge in [0.05, 0.1) is 24.8 Å². The highest BCUT2D eigenvalue weighted by Gasteiger charge is 2.15. The van der Waals surface area contributed by atoms with Crippen molar-refractivity contribution >= 4 is 11.9 Å². The minimum absolute atomic E-state index is 0.00447. The molecular formula is C26H30N4O2. The van der Waals surface area contributed by atoms with Gasteiger partial charge in [0.1, 0.15) is 0 Å². The fourth-order valence-electron chi connectivity index (χ4n) is 4.13. The van der Waals surface area contributed by atoms with Crippen molar-refractivity contribution in [1.29, 1.82) is 0 Å². The molecule has 4 rings (SSSR count). The lowest BCUT2D eigenvalue weighted by Gasteiger charge is -2.24. The first-order chi connectivity index (χ1) is 15.6. The van der Waals surface area contributed by atoms with Crippen LogP contribution >= 0.6 is 0 Å². The van der Waals surface area contributed by atoms with Gasteiger partial charge in [-0.3, -0.25) is 19.2 Å². The lowest BCUT2D eigenvalue weighted by atomic mass is 10.1. The van der Waals surface area contributed by atoms with E-state index in [1.54, 1.807) is 18.5 Å². The van der Waals surface area contributed by atoms with Crippen LogP contribution in [0.5, 0.6) is 0 Å². The van der Waals surface area contributed by atoms with Gasteiger partial charge < -0.3 is 4.57 Å². The molecule has 0 aliphatic carbocycles. The summed E-state index contributed by atoms with van der Waals surface area (Å²) in [6, 6.07) is 13.3. The second kappa shape index (κ2) is 10.4. The minimum Gasteiger partial charge on any atom is -0.307 e. The summed E-state index contributed by atoms with van der Waals surface area (Å²) in [5, 5.41) is 4.39. The number of piperidine rings is 1. The molecule has 1 aliphatic heterocycles. The van der Waals surface area contributed by atoms with Gasteiger partial charge in [0.2, 0.25) is 0 Å². The lowest BCUT2D eigenvalue weighted by molar-refractivity contribution is 0.0970. The van der Waals surface area contributed by atoms with Crippen molar-refractivity contribution in [2.24, 2.45) is 0 Å². The second-order valence-corrected chi connectivity index (χ2v) is 8.40. The Bertz CT molecular complexity index is 1140. The van der Waals surface area contributed by atoms with Gasteiger partial charge in [-0.1, -0.05) is 48.9 Å². The van der Waals surface area contributed by atoms with Gasteiger partial charge in [-0.05, 0) is 50.0 Å². The Morgan fingerprint density at radius 1 is 1.06 bits per heavy atom. The predicted octanol–water partition coefficient (Wildman–Crippen LogP) is 3.78. The van der Waals surface area contributed by atoms with E-state index in [1.807, 2.05) is 48.0 Å². The number of rotatable bonds is 8. The van der Waals surface area contributed by atoms with E-state index in [9.17, 15) is 9.59 Å². The van der Waals surface area contributed by atoms with E-state index in [0.717, 1.165) is 36.5 Å². The van der Waals surface area contributed by atoms with Crippen molar-refractivity contribution in [3.05, 3.63) is 93.7 Å². The van der Waals surface area contributed by atoms with Crippen LogP contribution in [0.3, 0.4) is 0 Å². The fourth-order valence-corrected chi connectivity index (χ4v) is 4.13. The Morgan fingerprint density at radius 2 is 1.84 bits per heavy atom. The first-order valence-electron chi connectivity index (χ1n) is 11.3. The number of hydrogen-bond donors (Lipinski definition) is 0. The van der Waals surface area contributed by atoms with Crippen LogP contribution in [-0.2, 0) is 13.1 Å². The van der Waals surface area contributed by atoms with Crippen LogP contribution in [0, 0.1) is 6.92 Å². The molecule has 6 heteroatoms. The van der Waals surface area contributed by atoms with E-state index in [-0.39, 0.29) is 17.9 Å². The molecule has 166 valence electrons. The van der Waals surface area contributed by atoms with E-state index in [0.29, 0.717) is 12.1 Å². The van der Waals surface area contributed by atoms with Gasteiger partial charge in [-0.15, -0.1) is 0 Å². The zero-order valence-electron chi connectivity index (χ0n) is 18.6. The maximum atomic E-state index is 12.9. The number of aromatic nitrogens is 3. The van der Waals surface area contributed by atoms with E-state index in [2.05, 4.69) is 16.1 Å². The van der Waals surface area contributed by atoms with Crippen LogP contribution in [0.4, 0.5) is 0 Å². The van der Waals surface area contributed by atoms with Crippen LogP contribution in [0.2, 0.25) is 0 Å². The number of hydrogen-bond acceptors (Lipinski definition) is 4. The Labute approximate surface area is 188 Å². The van der Waals surface area contributed by atoms with Crippen molar-refractivity contribution in [2.75, 3.05) is 19.6 Å². The van der Waals surface area contributed by atoms with Crippen LogP contribution in [0.25, 0.3) is 6.08 Å². The molecule has 1 aromatic carbocycles. The standard InChI is InChI=1S/C26H30N4O2/c1-21-24(17-27-30(21)19-22-9-4-2-5-10-22)25(31)20-29-18-23(12-13-26(29)32)11-8-16-28-14-6-3-7-15-28/h2,4-5,8-13,17-18H,3,6-7,14-16,19-20H2,1H3/b11-8+. The molecule has 32 heavy (non-hydrogen) atoms. The Kier molecular flexibility index (Phi) is 7.12. The minimum atomic E-state index is -0.180. The van der Waals surface area contributed by atoms with Crippen molar-refractivity contribution in [3.8, 4) is 0 Å². The van der Waals surface area contributed by atoms with Gasteiger partial charge in [0.25, 0.3) is 5.56 Å². The maximum Gasteiger partial charge on any atom is 0.250 e. The molecule has 0 atom stereocenters. The summed E-state index contributed by atoms with van der Waals surface area (Å²) in [5.74, 6) is -0.113. The zero-order valence-corrected chi connectivity index (χ0v) is 18.6.